The number of amides is 3. The monoisotopic (exact) mass is 474 g/mol. The van der Waals surface area contributed by atoms with Gasteiger partial charge in [-0.15, -0.1) is 0 Å². The molecule has 2 heterocycles. The van der Waals surface area contributed by atoms with Gasteiger partial charge in [-0.25, -0.2) is 4.79 Å². The van der Waals surface area contributed by atoms with Gasteiger partial charge in [-0.2, -0.15) is 5.26 Å². The predicted octanol–water partition coefficient (Wildman–Crippen LogP) is 3.76. The van der Waals surface area contributed by atoms with Gasteiger partial charge in [-0.1, -0.05) is 0 Å². The van der Waals surface area contributed by atoms with Crippen LogP contribution in [0.15, 0.2) is 24.4 Å². The molecule has 1 aromatic heterocycles. The van der Waals surface area contributed by atoms with E-state index in [2.05, 4.69) is 33.5 Å². The van der Waals surface area contributed by atoms with Crippen molar-refractivity contribution in [2.75, 3.05) is 31.5 Å². The van der Waals surface area contributed by atoms with Gasteiger partial charge in [0.05, 0.1) is 17.2 Å². The van der Waals surface area contributed by atoms with Crippen molar-refractivity contribution >= 4 is 17.6 Å². The average Bonchev–Trinajstić information content (AvgIpc) is 3.66. The molecule has 2 N–H and O–H groups in total. The Labute approximate surface area is 207 Å². The van der Waals surface area contributed by atoms with Gasteiger partial charge in [0.25, 0.3) is 5.91 Å². The lowest BCUT2D eigenvalue weighted by Crippen LogP contribution is -2.56. The van der Waals surface area contributed by atoms with Gasteiger partial charge in [0.2, 0.25) is 0 Å². The van der Waals surface area contributed by atoms with Crippen LogP contribution in [0.3, 0.4) is 0 Å². The first kappa shape index (κ1) is 24.7. The summed E-state index contributed by atoms with van der Waals surface area (Å²) in [6.45, 7) is 11.5. The van der Waals surface area contributed by atoms with Gasteiger partial charge in [-0.3, -0.25) is 14.7 Å². The number of benzene rings is 1. The first-order chi connectivity index (χ1) is 16.7. The summed E-state index contributed by atoms with van der Waals surface area (Å²) in [5.74, 6) is 0.413. The second-order valence-corrected chi connectivity index (χ2v) is 9.91. The molecule has 8 nitrogen and oxygen atoms in total. The summed E-state index contributed by atoms with van der Waals surface area (Å²) in [5, 5.41) is 15.6. The van der Waals surface area contributed by atoms with Crippen LogP contribution in [0.5, 0.6) is 0 Å². The summed E-state index contributed by atoms with van der Waals surface area (Å²) in [4.78, 5) is 34.0. The van der Waals surface area contributed by atoms with E-state index in [0.29, 0.717) is 35.8 Å². The molecular weight excluding hydrogens is 440 g/mol. The number of anilines is 1. The fourth-order valence-electron chi connectivity index (χ4n) is 4.47. The van der Waals surface area contributed by atoms with E-state index in [0.717, 1.165) is 42.0 Å². The van der Waals surface area contributed by atoms with Gasteiger partial charge in [0.1, 0.15) is 0 Å². The van der Waals surface area contributed by atoms with Crippen molar-refractivity contribution in [3.63, 3.8) is 0 Å². The van der Waals surface area contributed by atoms with Crippen molar-refractivity contribution < 1.29 is 9.59 Å². The summed E-state index contributed by atoms with van der Waals surface area (Å²) in [5.41, 5.74) is 5.40. The lowest BCUT2D eigenvalue weighted by Gasteiger charge is -2.40. The van der Waals surface area contributed by atoms with Crippen LogP contribution in [-0.4, -0.2) is 58.9 Å². The molecule has 1 saturated carbocycles. The molecule has 184 valence electrons. The van der Waals surface area contributed by atoms with Crippen LogP contribution >= 0.6 is 0 Å². The van der Waals surface area contributed by atoms with Crippen molar-refractivity contribution in [3.05, 3.63) is 57.9 Å². The quantitative estimate of drug-likeness (QED) is 0.664. The SMILES string of the molecule is Cc1cc(C(=O)Nc2cc(C#N)cc(CN3CCN(C(=O)NCC4CC4)[C@@H](C)C3)c2C)cnc1C. The first-order valence-electron chi connectivity index (χ1n) is 12.3. The van der Waals surface area contributed by atoms with Crippen molar-refractivity contribution in [2.45, 2.75) is 53.1 Å². The third-order valence-corrected chi connectivity index (χ3v) is 7.10. The predicted molar refractivity (Wildman–Crippen MR) is 135 cm³/mol. The zero-order chi connectivity index (χ0) is 25.1. The number of carbonyl (C=O) groups is 2. The van der Waals surface area contributed by atoms with Crippen LogP contribution < -0.4 is 10.6 Å². The molecule has 2 aliphatic rings. The van der Waals surface area contributed by atoms with Crippen molar-refractivity contribution in [3.8, 4) is 6.07 Å². The van der Waals surface area contributed by atoms with Crippen LogP contribution in [0.2, 0.25) is 0 Å². The lowest BCUT2D eigenvalue weighted by molar-refractivity contribution is 0.0973. The molecule has 0 unspecified atom stereocenters. The van der Waals surface area contributed by atoms with Crippen LogP contribution in [0, 0.1) is 38.0 Å². The third-order valence-electron chi connectivity index (χ3n) is 7.10. The Morgan fingerprint density at radius 2 is 1.94 bits per heavy atom. The van der Waals surface area contributed by atoms with E-state index in [1.807, 2.05) is 37.8 Å². The Morgan fingerprint density at radius 1 is 1.17 bits per heavy atom. The molecule has 3 amide bonds. The van der Waals surface area contributed by atoms with Gasteiger partial charge in [0.15, 0.2) is 0 Å². The Morgan fingerprint density at radius 3 is 2.60 bits per heavy atom. The number of pyridine rings is 1. The van der Waals surface area contributed by atoms with Gasteiger partial charge in [-0.05, 0) is 81.3 Å². The molecule has 8 heteroatoms. The molecule has 1 aliphatic heterocycles. The maximum absolute atomic E-state index is 12.9. The van der Waals surface area contributed by atoms with Crippen molar-refractivity contribution in [1.29, 1.82) is 5.26 Å². The Balaban J connectivity index is 1.44. The third kappa shape index (κ3) is 5.98. The Kier molecular flexibility index (Phi) is 7.37. The Hall–Kier alpha value is -3.44. The number of nitrogens with zero attached hydrogens (tertiary/aromatic N) is 4. The van der Waals surface area contributed by atoms with E-state index >= 15 is 0 Å². The number of aromatic nitrogens is 1. The lowest BCUT2D eigenvalue weighted by atomic mass is 10.0. The van der Waals surface area contributed by atoms with Crippen LogP contribution in [0.4, 0.5) is 10.5 Å². The topological polar surface area (TPSA) is 101 Å². The summed E-state index contributed by atoms with van der Waals surface area (Å²) in [6.07, 6.45) is 4.01. The highest BCUT2D eigenvalue weighted by atomic mass is 16.2. The highest BCUT2D eigenvalue weighted by molar-refractivity contribution is 6.04. The number of urea groups is 1. The van der Waals surface area contributed by atoms with Crippen LogP contribution in [-0.2, 0) is 6.54 Å². The van der Waals surface area contributed by atoms with Crippen LogP contribution in [0.25, 0.3) is 0 Å². The minimum atomic E-state index is -0.246. The zero-order valence-corrected chi connectivity index (χ0v) is 21.0. The second kappa shape index (κ2) is 10.4. The molecular formula is C27H34N6O2. The average molecular weight is 475 g/mol. The van der Waals surface area contributed by atoms with E-state index in [9.17, 15) is 14.9 Å². The van der Waals surface area contributed by atoms with E-state index in [1.165, 1.54) is 12.8 Å². The number of carbonyl (C=O) groups excluding carboxylic acids is 2. The molecule has 2 fully saturated rings. The maximum atomic E-state index is 12.9. The number of aryl methyl sites for hydroxylation is 2. The molecule has 1 aliphatic carbocycles. The number of nitriles is 1. The largest absolute Gasteiger partial charge is 0.338 e. The van der Waals surface area contributed by atoms with Gasteiger partial charge in [0, 0.05) is 56.3 Å². The summed E-state index contributed by atoms with van der Waals surface area (Å²) in [6, 6.07) is 7.77. The number of piperazine rings is 1. The number of nitrogens with one attached hydrogen (secondary N) is 2. The van der Waals surface area contributed by atoms with E-state index in [4.69, 9.17) is 0 Å². The highest BCUT2D eigenvalue weighted by Crippen LogP contribution is 2.28. The number of hydrogen-bond acceptors (Lipinski definition) is 5. The first-order valence-corrected chi connectivity index (χ1v) is 12.3. The Bertz CT molecular complexity index is 1170. The minimum Gasteiger partial charge on any atom is -0.338 e. The van der Waals surface area contributed by atoms with Crippen molar-refractivity contribution in [2.24, 2.45) is 5.92 Å². The molecule has 1 atom stereocenters. The molecule has 0 radical (unpaired) electrons. The van der Waals surface area contributed by atoms with E-state index < -0.39 is 0 Å². The smallest absolute Gasteiger partial charge is 0.317 e. The number of hydrogen-bond donors (Lipinski definition) is 2. The normalized spacial score (nSPS) is 18.1. The fraction of sp³-hybridized carbons (Fsp3) is 0.481. The highest BCUT2D eigenvalue weighted by Gasteiger charge is 2.29. The zero-order valence-electron chi connectivity index (χ0n) is 21.0. The molecule has 1 aromatic carbocycles. The van der Waals surface area contributed by atoms with Crippen molar-refractivity contribution in [1.82, 2.24) is 20.1 Å². The van der Waals surface area contributed by atoms with Crippen LogP contribution in [0.1, 0.15) is 58.1 Å². The molecule has 0 spiro atoms. The second-order valence-electron chi connectivity index (χ2n) is 9.91. The van der Waals surface area contributed by atoms with Gasteiger partial charge < -0.3 is 15.5 Å². The number of rotatable bonds is 6. The minimum absolute atomic E-state index is 0.0255. The fourth-order valence-corrected chi connectivity index (χ4v) is 4.47. The van der Waals surface area contributed by atoms with Gasteiger partial charge >= 0.3 is 6.03 Å². The molecule has 0 bridgehead atoms. The molecule has 35 heavy (non-hydrogen) atoms. The molecule has 4 rings (SSSR count). The standard InChI is InChI=1S/C27H34N6O2/c1-17-9-23(14-29-20(17)4)26(34)31-25-11-22(12-28)10-24(19(25)3)16-32-7-8-33(18(2)15-32)27(35)30-13-21-5-6-21/h9-11,14,18,21H,5-8,13,15-16H2,1-4H3,(H,30,35)(H,31,34)/t18-/m0/s1. The molecule has 1 saturated heterocycles. The summed E-state index contributed by atoms with van der Waals surface area (Å²) < 4.78 is 0. The van der Waals surface area contributed by atoms with E-state index in [1.54, 1.807) is 12.3 Å². The maximum Gasteiger partial charge on any atom is 0.317 e. The summed E-state index contributed by atoms with van der Waals surface area (Å²) >= 11 is 0. The summed E-state index contributed by atoms with van der Waals surface area (Å²) in [7, 11) is 0. The van der Waals surface area contributed by atoms with E-state index in [-0.39, 0.29) is 18.0 Å². The molecule has 2 aromatic rings.